The number of thiophene rings is 4. The average Bonchev–Trinajstić information content (AvgIpc) is 1.39. The molecule has 19 aromatic carbocycles. The predicted octanol–water partition coefficient (Wildman–Crippen LogP) is 34.6. The summed E-state index contributed by atoms with van der Waals surface area (Å²) in [7, 11) is 0. The van der Waals surface area contributed by atoms with Gasteiger partial charge in [-0.3, -0.25) is 9.97 Å². The van der Waals surface area contributed by atoms with Gasteiger partial charge in [-0.1, -0.05) is 176 Å². The molecule has 0 aliphatic carbocycles. The fraction of sp³-hybridized carbons (Fsp3) is 0. The Morgan fingerprint density at radius 3 is 1.23 bits per heavy atom. The van der Waals surface area contributed by atoms with Gasteiger partial charge in [-0.25, -0.2) is 0 Å². The molecule has 0 fully saturated rings. The topological polar surface area (TPSA) is 53.7 Å². The highest BCUT2D eigenvalue weighted by Gasteiger charge is 2.26. The van der Waals surface area contributed by atoms with Gasteiger partial charge in [0.25, 0.3) is 0 Å². The number of aromatic nitrogens is 5. The van der Waals surface area contributed by atoms with Gasteiger partial charge in [-0.2, -0.15) is 0 Å². The SMILES string of the molecule is c1ccc(-n2c3ccccc3c3cc4c(-c5ccc6oc7ccccc7c6c5)cc5cc6sccc6cc5c4cc32)cc1.c1ccc(-n2c3ccccc3c3cc4c(-c5cccc6c5sc5ccccc56)cc5cc6sccc6cc5c4cc32)cc1.c1ccc(-n2c3ccccc3c3cc4c(-c5cccnc5)c(-c5ccncc5)c5cc6sccc6cc5c4cc32)cc1. The van der Waals surface area contributed by atoms with Crippen molar-refractivity contribution in [2.45, 2.75) is 0 Å². The van der Waals surface area contributed by atoms with E-state index in [0.29, 0.717) is 0 Å². The van der Waals surface area contributed by atoms with Gasteiger partial charge in [0, 0.05) is 130 Å². The summed E-state index contributed by atoms with van der Waals surface area (Å²) < 4.78 is 20.1. The summed E-state index contributed by atoms with van der Waals surface area (Å²) in [4.78, 5) is 8.92. The minimum absolute atomic E-state index is 0.920. The number of fused-ring (bicyclic) bond motifs is 27. The zero-order valence-electron chi connectivity index (χ0n) is 68.6. The zero-order chi connectivity index (χ0) is 83.8. The maximum Gasteiger partial charge on any atom is 0.135 e. The smallest absolute Gasteiger partial charge is 0.135 e. The van der Waals surface area contributed by atoms with Gasteiger partial charge in [0.1, 0.15) is 11.2 Å². The van der Waals surface area contributed by atoms with Crippen LogP contribution in [0.3, 0.4) is 0 Å². The number of hydrogen-bond acceptors (Lipinski definition) is 7. The van der Waals surface area contributed by atoms with Gasteiger partial charge < -0.3 is 18.1 Å². The van der Waals surface area contributed by atoms with Crippen LogP contribution in [0, 0.1) is 0 Å². The zero-order valence-corrected chi connectivity index (χ0v) is 71.9. The molecule has 596 valence electrons. The summed E-state index contributed by atoms with van der Waals surface area (Å²) in [6, 6.07) is 138. The van der Waals surface area contributed by atoms with Gasteiger partial charge in [0.15, 0.2) is 0 Å². The first-order valence-electron chi connectivity index (χ1n) is 43.2. The van der Waals surface area contributed by atoms with E-state index < -0.39 is 0 Å². The number of furan rings is 1. The van der Waals surface area contributed by atoms with Gasteiger partial charge in [0.05, 0.1) is 33.1 Å². The monoisotopic (exact) mass is 1700 g/mol. The highest BCUT2D eigenvalue weighted by atomic mass is 32.1. The lowest BCUT2D eigenvalue weighted by molar-refractivity contribution is 0.669. The van der Waals surface area contributed by atoms with Crippen LogP contribution in [-0.2, 0) is 0 Å². The minimum Gasteiger partial charge on any atom is -0.456 e. The fourth-order valence-electron chi connectivity index (χ4n) is 20.8. The Kier molecular flexibility index (Phi) is 16.5. The normalized spacial score (nSPS) is 12.1. The summed E-state index contributed by atoms with van der Waals surface area (Å²) in [6.45, 7) is 0. The Labute approximate surface area is 748 Å². The highest BCUT2D eigenvalue weighted by Crippen LogP contribution is 2.52. The molecule has 0 bridgehead atoms. The molecule has 10 aromatic heterocycles. The second-order valence-electron chi connectivity index (χ2n) is 33.4. The van der Waals surface area contributed by atoms with Crippen LogP contribution in [0.5, 0.6) is 0 Å². The number of hydrogen-bond donors (Lipinski definition) is 0. The van der Waals surface area contributed by atoms with Crippen molar-refractivity contribution in [2.24, 2.45) is 0 Å². The van der Waals surface area contributed by atoms with Gasteiger partial charge in [-0.05, 0) is 331 Å². The standard InChI is InChI=1S/C40H23NOS.C40H23NS2.C38H23N3S/c1-2-8-27(9-3-1)41-36-12-6-4-10-28(36)34-22-32-30(24-14-15-39-35(18-24)29-11-5-7-13-38(29)42-39)20-26-21-40-25(16-17-43-40)19-31(26)33(32)23-37(34)41;1-2-9-26(10-3-1)41-36-15-6-4-11-27(36)35-22-33-32(30-14-8-13-29-28-12-5-7-16-38(28)43-40(29)30)20-25-21-39-24(17-18-42-39)19-31(25)34(33)23-37(35)41;1-2-8-27(9-3-1)41-34-11-5-4-10-28(34)31-20-32-30(21-35(31)41)29-19-25-14-18-42-36(25)22-33(29)37(24-12-16-39-17-13-24)38(32)26-7-6-15-40-23-26/h2*1-23H;1-23H. The summed E-state index contributed by atoms with van der Waals surface area (Å²) in [5.41, 5.74) is 22.4. The Morgan fingerprint density at radius 2 is 0.664 bits per heavy atom. The third-order valence-corrected chi connectivity index (χ3v) is 30.3. The molecular formula is C118H69N5OS4. The number of pyridine rings is 2. The van der Waals surface area contributed by atoms with Crippen molar-refractivity contribution < 1.29 is 4.42 Å². The Morgan fingerprint density at radius 1 is 0.211 bits per heavy atom. The first kappa shape index (κ1) is 72.8. The van der Waals surface area contributed by atoms with E-state index in [9.17, 15) is 0 Å². The van der Waals surface area contributed by atoms with Crippen LogP contribution in [0.15, 0.2) is 421 Å². The molecule has 0 unspecified atom stereocenters. The molecular weight excluding hydrogens is 1630 g/mol. The molecule has 0 N–H and O–H groups in total. The molecule has 0 saturated heterocycles. The minimum atomic E-state index is 0.920. The number of para-hydroxylation sites is 7. The molecule has 0 spiro atoms. The van der Waals surface area contributed by atoms with E-state index in [2.05, 4.69) is 398 Å². The second-order valence-corrected chi connectivity index (χ2v) is 37.3. The van der Waals surface area contributed by atoms with Crippen LogP contribution < -0.4 is 0 Å². The van der Waals surface area contributed by atoms with Crippen LogP contribution in [-0.4, -0.2) is 23.7 Å². The van der Waals surface area contributed by atoms with Crippen molar-refractivity contribution in [3.8, 4) is 61.6 Å². The molecule has 6 nitrogen and oxygen atoms in total. The predicted molar refractivity (Wildman–Crippen MR) is 551 cm³/mol. The molecule has 10 heteroatoms. The molecule has 0 aliphatic rings. The summed E-state index contributed by atoms with van der Waals surface area (Å²) in [6.07, 6.45) is 7.61. The molecule has 10 heterocycles. The van der Waals surface area contributed by atoms with Crippen LogP contribution >= 0.6 is 45.3 Å². The molecule has 0 amide bonds. The molecule has 29 aromatic rings. The average molecular weight is 1700 g/mol. The van der Waals surface area contributed by atoms with Crippen LogP contribution in [0.1, 0.15) is 0 Å². The van der Waals surface area contributed by atoms with E-state index in [4.69, 9.17) is 4.42 Å². The van der Waals surface area contributed by atoms with E-state index in [-0.39, 0.29) is 0 Å². The molecule has 0 radical (unpaired) electrons. The Hall–Kier alpha value is -15.7. The third kappa shape index (κ3) is 11.4. The van der Waals surface area contributed by atoms with Crippen molar-refractivity contribution in [3.63, 3.8) is 0 Å². The molecule has 128 heavy (non-hydrogen) atoms. The van der Waals surface area contributed by atoms with Crippen molar-refractivity contribution in [2.75, 3.05) is 0 Å². The van der Waals surface area contributed by atoms with E-state index >= 15 is 0 Å². The quantitative estimate of drug-likeness (QED) is 0.149. The van der Waals surface area contributed by atoms with E-state index in [1.54, 1.807) is 22.7 Å². The summed E-state index contributed by atoms with van der Waals surface area (Å²) in [5, 5.41) is 38.2. The number of rotatable bonds is 7. The maximum atomic E-state index is 6.19. The highest BCUT2D eigenvalue weighted by molar-refractivity contribution is 7.26. The lowest BCUT2D eigenvalue weighted by Crippen LogP contribution is -1.95. The van der Waals surface area contributed by atoms with E-state index in [1.165, 1.54) is 225 Å². The lowest BCUT2D eigenvalue weighted by Gasteiger charge is -2.19. The van der Waals surface area contributed by atoms with Gasteiger partial charge in [-0.15, -0.1) is 45.3 Å². The Balaban J connectivity index is 0.0000000993. The molecule has 0 aliphatic heterocycles. The van der Waals surface area contributed by atoms with E-state index in [0.717, 1.165) is 38.8 Å². The lowest BCUT2D eigenvalue weighted by atomic mass is 9.85. The van der Waals surface area contributed by atoms with E-state index in [1.807, 2.05) is 65.7 Å². The van der Waals surface area contributed by atoms with Gasteiger partial charge >= 0.3 is 0 Å². The fourth-order valence-corrected chi connectivity index (χ4v) is 24.5. The van der Waals surface area contributed by atoms with Crippen LogP contribution in [0.25, 0.3) is 264 Å². The second kappa shape index (κ2) is 29.0. The van der Waals surface area contributed by atoms with Crippen molar-refractivity contribution in [3.05, 3.63) is 417 Å². The molecule has 0 atom stereocenters. The van der Waals surface area contributed by atoms with Crippen LogP contribution in [0.4, 0.5) is 0 Å². The first-order valence-corrected chi connectivity index (χ1v) is 46.7. The number of benzene rings is 19. The number of nitrogens with zero attached hydrogens (tertiary/aromatic N) is 5. The van der Waals surface area contributed by atoms with Crippen molar-refractivity contribution in [1.82, 2.24) is 23.7 Å². The van der Waals surface area contributed by atoms with Crippen LogP contribution in [0.2, 0.25) is 0 Å². The third-order valence-electron chi connectivity index (χ3n) is 26.5. The molecule has 0 saturated carbocycles. The largest absolute Gasteiger partial charge is 0.456 e. The Bertz CT molecular complexity index is 9640. The summed E-state index contributed by atoms with van der Waals surface area (Å²) in [5.74, 6) is 0. The van der Waals surface area contributed by atoms with Crippen molar-refractivity contribution >= 4 is 248 Å². The maximum absolute atomic E-state index is 6.19. The summed E-state index contributed by atoms with van der Waals surface area (Å²) >= 11 is 7.32. The van der Waals surface area contributed by atoms with Gasteiger partial charge in [0.2, 0.25) is 0 Å². The van der Waals surface area contributed by atoms with Crippen molar-refractivity contribution in [1.29, 1.82) is 0 Å². The molecule has 29 rings (SSSR count). The first-order chi connectivity index (χ1) is 63.5.